The Hall–Kier alpha value is -3.80. The zero-order valence-corrected chi connectivity index (χ0v) is 22.0. The SMILES string of the molecule is C=C=CCOC1OCC(c2ccc(-c3ccc(-c4ccc(C/C=C\CCC)c(N)c4N)cc3)cc2N)CO1. The van der Waals surface area contributed by atoms with Crippen molar-refractivity contribution in [3.8, 4) is 22.3 Å². The van der Waals surface area contributed by atoms with Crippen LogP contribution in [-0.4, -0.2) is 26.3 Å². The lowest BCUT2D eigenvalue weighted by molar-refractivity contribution is -0.311. The van der Waals surface area contributed by atoms with E-state index >= 15 is 0 Å². The molecule has 1 saturated heterocycles. The quantitative estimate of drug-likeness (QED) is 0.164. The molecular weight excluding hydrogens is 474 g/mol. The monoisotopic (exact) mass is 511 g/mol. The standard InChI is InChI=1S/C32H37N3O3/c1-3-5-7-8-9-24-14-17-28(31(35)30(24)34)23-12-10-22(11-13-23)25-15-16-27(29(33)19-25)26-20-37-32(38-21-26)36-18-6-4-2/h6-8,10-17,19,26,32H,2-3,5,9,18,20-21,33-35H2,1H3/b8-7-. The maximum Gasteiger partial charge on any atom is 0.271 e. The topological polar surface area (TPSA) is 106 Å². The molecule has 1 aliphatic rings. The largest absolute Gasteiger partial charge is 0.398 e. The molecule has 0 radical (unpaired) electrons. The van der Waals surface area contributed by atoms with Gasteiger partial charge in [-0.2, -0.15) is 0 Å². The Bertz CT molecular complexity index is 1300. The second kappa shape index (κ2) is 13.1. The highest BCUT2D eigenvalue weighted by molar-refractivity contribution is 5.87. The molecule has 0 saturated carbocycles. The van der Waals surface area contributed by atoms with Gasteiger partial charge in [0.25, 0.3) is 6.48 Å². The van der Waals surface area contributed by atoms with Crippen LogP contribution in [0.5, 0.6) is 0 Å². The summed E-state index contributed by atoms with van der Waals surface area (Å²) >= 11 is 0. The molecule has 0 aromatic heterocycles. The molecule has 0 spiro atoms. The van der Waals surface area contributed by atoms with Crippen LogP contribution >= 0.6 is 0 Å². The van der Waals surface area contributed by atoms with Gasteiger partial charge < -0.3 is 31.4 Å². The maximum atomic E-state index is 6.45. The molecular formula is C32H37N3O3. The van der Waals surface area contributed by atoms with Crippen LogP contribution in [0.3, 0.4) is 0 Å². The summed E-state index contributed by atoms with van der Waals surface area (Å²) < 4.78 is 16.8. The van der Waals surface area contributed by atoms with Crippen molar-refractivity contribution in [2.24, 2.45) is 0 Å². The smallest absolute Gasteiger partial charge is 0.271 e. The summed E-state index contributed by atoms with van der Waals surface area (Å²) in [7, 11) is 0. The van der Waals surface area contributed by atoms with Crippen LogP contribution < -0.4 is 17.2 Å². The van der Waals surface area contributed by atoms with Gasteiger partial charge in [-0.25, -0.2) is 0 Å². The van der Waals surface area contributed by atoms with E-state index < -0.39 is 6.48 Å². The van der Waals surface area contributed by atoms with Crippen LogP contribution in [-0.2, 0) is 20.6 Å². The van der Waals surface area contributed by atoms with Crippen molar-refractivity contribution in [3.63, 3.8) is 0 Å². The summed E-state index contributed by atoms with van der Waals surface area (Å²) in [6.07, 6.45) is 9.01. The second-order valence-electron chi connectivity index (χ2n) is 9.38. The number of nitrogen functional groups attached to an aromatic ring is 3. The first-order chi connectivity index (χ1) is 18.5. The summed E-state index contributed by atoms with van der Waals surface area (Å²) in [5.41, 5.74) is 30.0. The van der Waals surface area contributed by atoms with E-state index in [1.807, 2.05) is 12.1 Å². The number of benzene rings is 3. The summed E-state index contributed by atoms with van der Waals surface area (Å²) in [6.45, 7) is 6.28. The lowest BCUT2D eigenvalue weighted by Crippen LogP contribution is -2.33. The number of hydrogen-bond acceptors (Lipinski definition) is 6. The number of anilines is 3. The average molecular weight is 512 g/mol. The molecule has 3 aromatic carbocycles. The van der Waals surface area contributed by atoms with E-state index in [1.54, 1.807) is 6.08 Å². The zero-order chi connectivity index (χ0) is 26.9. The van der Waals surface area contributed by atoms with Crippen molar-refractivity contribution in [1.82, 2.24) is 0 Å². The average Bonchev–Trinajstić information content (AvgIpc) is 2.94. The Kier molecular flexibility index (Phi) is 9.41. The molecule has 1 fully saturated rings. The summed E-state index contributed by atoms with van der Waals surface area (Å²) in [5, 5.41) is 0. The van der Waals surface area contributed by atoms with Gasteiger partial charge in [0, 0.05) is 17.2 Å². The fraction of sp³-hybridized carbons (Fsp3) is 0.281. The Morgan fingerprint density at radius 2 is 1.63 bits per heavy atom. The van der Waals surface area contributed by atoms with Gasteiger partial charge in [-0.1, -0.05) is 80.6 Å². The molecule has 0 bridgehead atoms. The van der Waals surface area contributed by atoms with E-state index in [9.17, 15) is 0 Å². The minimum Gasteiger partial charge on any atom is -0.398 e. The Labute approximate surface area is 225 Å². The lowest BCUT2D eigenvalue weighted by atomic mass is 9.93. The van der Waals surface area contributed by atoms with Crippen molar-refractivity contribution in [2.45, 2.75) is 38.6 Å². The van der Waals surface area contributed by atoms with Crippen LogP contribution in [0, 0.1) is 0 Å². The molecule has 38 heavy (non-hydrogen) atoms. The molecule has 0 atom stereocenters. The van der Waals surface area contributed by atoms with Gasteiger partial charge in [-0.3, -0.25) is 0 Å². The van der Waals surface area contributed by atoms with E-state index in [0.29, 0.717) is 36.9 Å². The third kappa shape index (κ3) is 6.55. The van der Waals surface area contributed by atoms with E-state index in [-0.39, 0.29) is 5.92 Å². The van der Waals surface area contributed by atoms with Crippen molar-refractivity contribution in [1.29, 1.82) is 0 Å². The van der Waals surface area contributed by atoms with Crippen molar-refractivity contribution in [2.75, 3.05) is 37.0 Å². The van der Waals surface area contributed by atoms with Gasteiger partial charge in [-0.05, 0) is 52.8 Å². The highest BCUT2D eigenvalue weighted by Gasteiger charge is 2.25. The third-order valence-electron chi connectivity index (χ3n) is 6.72. The van der Waals surface area contributed by atoms with Gasteiger partial charge in [-0.15, -0.1) is 5.73 Å². The first-order valence-corrected chi connectivity index (χ1v) is 13.0. The van der Waals surface area contributed by atoms with Crippen molar-refractivity contribution in [3.05, 3.63) is 96.3 Å². The molecule has 6 N–H and O–H groups in total. The highest BCUT2D eigenvalue weighted by Crippen LogP contribution is 2.35. The zero-order valence-electron chi connectivity index (χ0n) is 22.0. The van der Waals surface area contributed by atoms with Gasteiger partial charge in [0.15, 0.2) is 0 Å². The lowest BCUT2D eigenvalue weighted by Gasteiger charge is -2.29. The summed E-state index contributed by atoms with van der Waals surface area (Å²) in [5.74, 6) is 0.0414. The summed E-state index contributed by atoms with van der Waals surface area (Å²) in [6, 6.07) is 18.5. The van der Waals surface area contributed by atoms with Crippen LogP contribution in [0.4, 0.5) is 17.1 Å². The van der Waals surface area contributed by atoms with Gasteiger partial charge in [0.2, 0.25) is 0 Å². The normalized spacial score (nSPS) is 17.4. The van der Waals surface area contributed by atoms with Crippen LogP contribution in [0.25, 0.3) is 22.3 Å². The molecule has 0 unspecified atom stereocenters. The predicted octanol–water partition coefficient (Wildman–Crippen LogP) is 6.44. The fourth-order valence-electron chi connectivity index (χ4n) is 4.52. The minimum absolute atomic E-state index is 0.0414. The van der Waals surface area contributed by atoms with Crippen molar-refractivity contribution < 1.29 is 14.2 Å². The predicted molar refractivity (Wildman–Crippen MR) is 156 cm³/mol. The van der Waals surface area contributed by atoms with Crippen LogP contribution in [0.2, 0.25) is 0 Å². The number of rotatable bonds is 10. The fourth-order valence-corrected chi connectivity index (χ4v) is 4.52. The molecule has 1 heterocycles. The number of allylic oxidation sites excluding steroid dienone is 2. The molecule has 1 aliphatic heterocycles. The van der Waals surface area contributed by atoms with Crippen molar-refractivity contribution >= 4 is 17.1 Å². The van der Waals surface area contributed by atoms with Gasteiger partial charge in [0.05, 0.1) is 31.2 Å². The summed E-state index contributed by atoms with van der Waals surface area (Å²) in [4.78, 5) is 0. The molecule has 4 rings (SSSR count). The molecule has 0 amide bonds. The van der Waals surface area contributed by atoms with Gasteiger partial charge in [0.1, 0.15) is 0 Å². The number of hydrogen-bond donors (Lipinski definition) is 3. The molecule has 0 aliphatic carbocycles. The Morgan fingerprint density at radius 3 is 2.32 bits per heavy atom. The highest BCUT2D eigenvalue weighted by atomic mass is 16.8. The molecule has 6 heteroatoms. The third-order valence-corrected chi connectivity index (χ3v) is 6.72. The van der Waals surface area contributed by atoms with Crippen LogP contribution in [0.15, 0.2) is 85.1 Å². The van der Waals surface area contributed by atoms with E-state index in [1.165, 1.54) is 0 Å². The maximum absolute atomic E-state index is 6.45. The molecule has 3 aromatic rings. The Morgan fingerprint density at radius 1 is 0.921 bits per heavy atom. The molecule has 198 valence electrons. The number of ether oxygens (including phenoxy) is 3. The number of unbranched alkanes of at least 4 members (excludes halogenated alkanes) is 1. The van der Waals surface area contributed by atoms with Crippen LogP contribution in [0.1, 0.15) is 36.8 Å². The van der Waals surface area contributed by atoms with Gasteiger partial charge >= 0.3 is 0 Å². The number of nitrogens with two attached hydrogens (primary N) is 3. The van der Waals surface area contributed by atoms with E-state index in [2.05, 4.69) is 73.9 Å². The second-order valence-corrected chi connectivity index (χ2v) is 9.38. The van der Waals surface area contributed by atoms with E-state index in [0.717, 1.165) is 52.6 Å². The first kappa shape index (κ1) is 27.2. The van der Waals surface area contributed by atoms with E-state index in [4.69, 9.17) is 31.4 Å². The first-order valence-electron chi connectivity index (χ1n) is 13.0. The minimum atomic E-state index is -0.682. The Balaban J connectivity index is 1.43. The molecule has 6 nitrogen and oxygen atoms in total.